The van der Waals surface area contributed by atoms with Crippen LogP contribution in [0, 0.1) is 24.4 Å². The first-order valence-corrected chi connectivity index (χ1v) is 6.40. The third kappa shape index (κ3) is 3.29. The molecule has 2 aromatic rings. The topological polar surface area (TPSA) is 12.0 Å². The maximum atomic E-state index is 13.6. The number of nitrogens with one attached hydrogen (secondary N) is 1. The number of anilines is 1. The highest BCUT2D eigenvalue weighted by Gasteiger charge is 2.07. The lowest BCUT2D eigenvalue weighted by Gasteiger charge is -2.09. The first-order chi connectivity index (χ1) is 8.97. The van der Waals surface area contributed by atoms with E-state index in [1.54, 1.807) is 12.1 Å². The quantitative estimate of drug-likeness (QED) is 0.853. The van der Waals surface area contributed by atoms with E-state index in [4.69, 9.17) is 0 Å². The van der Waals surface area contributed by atoms with Crippen LogP contribution in [0.25, 0.3) is 0 Å². The Bertz CT molecular complexity index is 614. The van der Waals surface area contributed by atoms with Crippen LogP contribution in [0.4, 0.5) is 18.9 Å². The summed E-state index contributed by atoms with van der Waals surface area (Å²) in [4.78, 5) is 0. The van der Waals surface area contributed by atoms with E-state index in [0.717, 1.165) is 12.1 Å². The summed E-state index contributed by atoms with van der Waals surface area (Å²) in [6, 6.07) is 6.82. The molecule has 19 heavy (non-hydrogen) atoms. The Hall–Kier alpha value is -1.49. The summed E-state index contributed by atoms with van der Waals surface area (Å²) in [7, 11) is 0. The number of hydrogen-bond donors (Lipinski definition) is 1. The third-order valence-corrected chi connectivity index (χ3v) is 3.36. The number of halogens is 4. The van der Waals surface area contributed by atoms with Gasteiger partial charge in [0.1, 0.15) is 17.5 Å². The smallest absolute Gasteiger partial charge is 0.146 e. The van der Waals surface area contributed by atoms with Crippen LogP contribution in [-0.2, 0) is 6.54 Å². The lowest BCUT2D eigenvalue weighted by molar-refractivity contribution is 0.594. The number of aryl methyl sites for hydroxylation is 1. The van der Waals surface area contributed by atoms with E-state index in [1.807, 2.05) is 0 Å². The predicted molar refractivity (Wildman–Crippen MR) is 72.5 cm³/mol. The molecule has 2 aromatic carbocycles. The molecule has 0 heterocycles. The average Bonchev–Trinajstić information content (AvgIpc) is 2.36. The highest BCUT2D eigenvalue weighted by atomic mass is 79.9. The molecule has 0 aliphatic heterocycles. The highest BCUT2D eigenvalue weighted by Crippen LogP contribution is 2.21. The second-order valence-corrected chi connectivity index (χ2v) is 5.04. The predicted octanol–water partition coefficient (Wildman–Crippen LogP) is 4.79. The van der Waals surface area contributed by atoms with E-state index in [-0.39, 0.29) is 17.8 Å². The van der Waals surface area contributed by atoms with Crippen molar-refractivity contribution < 1.29 is 13.2 Å². The van der Waals surface area contributed by atoms with E-state index in [0.29, 0.717) is 10.0 Å². The van der Waals surface area contributed by atoms with Crippen LogP contribution in [0.5, 0.6) is 0 Å². The van der Waals surface area contributed by atoms with E-state index in [2.05, 4.69) is 21.2 Å². The first-order valence-electron chi connectivity index (χ1n) is 5.61. The van der Waals surface area contributed by atoms with Crippen LogP contribution in [0.3, 0.4) is 0 Å². The van der Waals surface area contributed by atoms with Gasteiger partial charge in [-0.1, -0.05) is 6.07 Å². The fourth-order valence-corrected chi connectivity index (χ4v) is 1.88. The molecule has 0 unspecified atom stereocenters. The van der Waals surface area contributed by atoms with Crippen LogP contribution in [0.2, 0.25) is 0 Å². The summed E-state index contributed by atoms with van der Waals surface area (Å²) in [5.74, 6) is -1.41. The van der Waals surface area contributed by atoms with E-state index < -0.39 is 17.5 Å². The molecule has 0 aromatic heterocycles. The van der Waals surface area contributed by atoms with E-state index >= 15 is 0 Å². The molecule has 0 aliphatic carbocycles. The summed E-state index contributed by atoms with van der Waals surface area (Å²) < 4.78 is 40.6. The van der Waals surface area contributed by atoms with Crippen LogP contribution >= 0.6 is 15.9 Å². The van der Waals surface area contributed by atoms with Gasteiger partial charge >= 0.3 is 0 Å². The van der Waals surface area contributed by atoms with E-state index in [9.17, 15) is 13.2 Å². The van der Waals surface area contributed by atoms with Crippen molar-refractivity contribution in [3.63, 3.8) is 0 Å². The first kappa shape index (κ1) is 13.9. The van der Waals surface area contributed by atoms with Gasteiger partial charge in [0, 0.05) is 12.6 Å². The van der Waals surface area contributed by atoms with Gasteiger partial charge in [0.05, 0.1) is 10.2 Å². The standard InChI is InChI=1S/C14H11BrF3N/c1-8-4-13(18)14(6-11(8)16)19-7-9-2-3-10(15)12(17)5-9/h2-6,19H,7H2,1H3. The fraction of sp³-hybridized carbons (Fsp3) is 0.143. The van der Waals surface area contributed by atoms with Gasteiger partial charge in [0.2, 0.25) is 0 Å². The molecule has 0 radical (unpaired) electrons. The largest absolute Gasteiger partial charge is 0.379 e. The summed E-state index contributed by atoms with van der Waals surface area (Å²) in [5.41, 5.74) is 0.949. The third-order valence-electron chi connectivity index (χ3n) is 2.72. The Kier molecular flexibility index (Phi) is 4.14. The lowest BCUT2D eigenvalue weighted by atomic mass is 10.2. The summed E-state index contributed by atoms with van der Waals surface area (Å²) in [5, 5.41) is 2.75. The zero-order valence-corrected chi connectivity index (χ0v) is 11.7. The molecule has 0 fully saturated rings. The normalized spacial score (nSPS) is 10.6. The number of hydrogen-bond acceptors (Lipinski definition) is 1. The van der Waals surface area contributed by atoms with Crippen molar-refractivity contribution in [1.82, 2.24) is 0 Å². The molecule has 0 amide bonds. The second kappa shape index (κ2) is 5.65. The summed E-state index contributed by atoms with van der Waals surface area (Å²) in [6.45, 7) is 1.70. The molecule has 5 heteroatoms. The van der Waals surface area contributed by atoms with Gasteiger partial charge in [-0.05, 0) is 52.2 Å². The van der Waals surface area contributed by atoms with Crippen LogP contribution in [0.1, 0.15) is 11.1 Å². The van der Waals surface area contributed by atoms with Gasteiger partial charge in [-0.3, -0.25) is 0 Å². The fourth-order valence-electron chi connectivity index (χ4n) is 1.63. The summed E-state index contributed by atoms with van der Waals surface area (Å²) in [6.07, 6.45) is 0. The number of benzene rings is 2. The van der Waals surface area contributed by atoms with Crippen LogP contribution in [-0.4, -0.2) is 0 Å². The van der Waals surface area contributed by atoms with E-state index in [1.165, 1.54) is 13.0 Å². The minimum absolute atomic E-state index is 0.0615. The monoisotopic (exact) mass is 329 g/mol. The lowest BCUT2D eigenvalue weighted by Crippen LogP contribution is -2.03. The zero-order chi connectivity index (χ0) is 14.0. The SMILES string of the molecule is Cc1cc(F)c(NCc2ccc(Br)c(F)c2)cc1F. The Morgan fingerprint density at radius 2 is 1.74 bits per heavy atom. The van der Waals surface area contributed by atoms with Crippen molar-refractivity contribution in [2.24, 2.45) is 0 Å². The minimum Gasteiger partial charge on any atom is -0.379 e. The summed E-state index contributed by atoms with van der Waals surface area (Å²) >= 11 is 3.05. The van der Waals surface area contributed by atoms with Gasteiger partial charge in [-0.2, -0.15) is 0 Å². The van der Waals surface area contributed by atoms with Crippen molar-refractivity contribution in [3.05, 3.63) is 63.4 Å². The zero-order valence-electron chi connectivity index (χ0n) is 10.1. The molecule has 1 nitrogen and oxygen atoms in total. The molecule has 2 rings (SSSR count). The maximum Gasteiger partial charge on any atom is 0.146 e. The Morgan fingerprint density at radius 1 is 1.00 bits per heavy atom. The van der Waals surface area contributed by atoms with Crippen molar-refractivity contribution >= 4 is 21.6 Å². The molecule has 0 bridgehead atoms. The minimum atomic E-state index is -0.531. The molecule has 0 aliphatic rings. The Morgan fingerprint density at radius 3 is 2.42 bits per heavy atom. The highest BCUT2D eigenvalue weighted by molar-refractivity contribution is 9.10. The van der Waals surface area contributed by atoms with Crippen molar-refractivity contribution in [2.45, 2.75) is 13.5 Å². The molecule has 0 spiro atoms. The molecule has 100 valence electrons. The van der Waals surface area contributed by atoms with Crippen LogP contribution in [0.15, 0.2) is 34.8 Å². The molecule has 0 saturated carbocycles. The molecule has 0 atom stereocenters. The molecular weight excluding hydrogens is 319 g/mol. The van der Waals surface area contributed by atoms with Gasteiger partial charge in [0.15, 0.2) is 0 Å². The Labute approximate surface area is 117 Å². The average molecular weight is 330 g/mol. The Balaban J connectivity index is 2.14. The van der Waals surface area contributed by atoms with Crippen molar-refractivity contribution in [1.29, 1.82) is 0 Å². The molecular formula is C14H11BrF3N. The van der Waals surface area contributed by atoms with Gasteiger partial charge in [-0.25, -0.2) is 13.2 Å². The van der Waals surface area contributed by atoms with Gasteiger partial charge in [0.25, 0.3) is 0 Å². The van der Waals surface area contributed by atoms with Crippen molar-refractivity contribution in [3.8, 4) is 0 Å². The molecule has 0 saturated heterocycles. The van der Waals surface area contributed by atoms with Crippen LogP contribution < -0.4 is 5.32 Å². The number of rotatable bonds is 3. The van der Waals surface area contributed by atoms with Gasteiger partial charge < -0.3 is 5.32 Å². The molecule has 1 N–H and O–H groups in total. The van der Waals surface area contributed by atoms with Crippen molar-refractivity contribution in [2.75, 3.05) is 5.32 Å². The second-order valence-electron chi connectivity index (χ2n) is 4.18. The van der Waals surface area contributed by atoms with Gasteiger partial charge in [-0.15, -0.1) is 0 Å². The maximum absolute atomic E-state index is 13.6.